The molecule has 0 atom stereocenters. The third kappa shape index (κ3) is 4.44. The first kappa shape index (κ1) is 28.8. The second kappa shape index (κ2) is 9.58. The third-order valence-electron chi connectivity index (χ3n) is 4.53. The van der Waals surface area contributed by atoms with Gasteiger partial charge in [0.1, 0.15) is 21.3 Å². The molecule has 1 aliphatic carbocycles. The fourth-order valence-electron chi connectivity index (χ4n) is 3.25. The summed E-state index contributed by atoms with van der Waals surface area (Å²) < 4.78 is 65.1. The fourth-order valence-corrected chi connectivity index (χ4v) is 4.47. The van der Waals surface area contributed by atoms with E-state index in [-0.39, 0.29) is 70.5 Å². The van der Waals surface area contributed by atoms with Crippen LogP contribution in [0.5, 0.6) is 11.5 Å². The second-order valence-electron chi connectivity index (χ2n) is 6.15. The zero-order valence-electron chi connectivity index (χ0n) is 17.2. The smallest absolute Gasteiger partial charge is 0.298 e. The van der Waals surface area contributed by atoms with E-state index in [1.54, 1.807) is 0 Å². The van der Waals surface area contributed by atoms with Crippen molar-refractivity contribution in [3.8, 4) is 11.5 Å². The Bertz CT molecular complexity index is 1270. The van der Waals surface area contributed by atoms with Gasteiger partial charge in [-0.25, -0.2) is 0 Å². The number of hydrogen-bond acceptors (Lipinski definition) is 10. The van der Waals surface area contributed by atoms with Crippen molar-refractivity contribution in [3.05, 3.63) is 34.4 Å². The molecular weight excluding hydrogens is 490 g/mol. The Balaban J connectivity index is 0.00000256. The first-order valence-electron chi connectivity index (χ1n) is 7.95. The summed E-state index contributed by atoms with van der Waals surface area (Å²) in [5.74, 6) is -4.67. The van der Waals surface area contributed by atoms with E-state index in [1.807, 2.05) is 0 Å². The molecule has 6 N–H and O–H groups in total. The number of hydrogen-bond donors (Lipinski definition) is 6. The molecule has 12 nitrogen and oxygen atoms in total. The van der Waals surface area contributed by atoms with E-state index in [0.717, 1.165) is 0 Å². The van der Waals surface area contributed by atoms with Crippen molar-refractivity contribution in [1.82, 2.24) is 0 Å². The number of carbonyl (C=O) groups is 2. The Morgan fingerprint density at radius 2 is 0.938 bits per heavy atom. The van der Waals surface area contributed by atoms with Gasteiger partial charge in [0, 0.05) is 84.6 Å². The summed E-state index contributed by atoms with van der Waals surface area (Å²) in [4.78, 5) is 24.2. The Kier molecular flexibility index (Phi) is 8.63. The Morgan fingerprint density at radius 1 is 0.656 bits per heavy atom. The van der Waals surface area contributed by atoms with Gasteiger partial charge in [0.2, 0.25) is 11.6 Å². The van der Waals surface area contributed by atoms with Crippen molar-refractivity contribution in [2.24, 2.45) is 0 Å². The van der Waals surface area contributed by atoms with E-state index in [9.17, 15) is 45.7 Å². The molecule has 3 rings (SSSR count). The molecule has 0 heterocycles. The van der Waals surface area contributed by atoms with Gasteiger partial charge >= 0.3 is 0 Å². The normalized spacial score (nSPS) is 12.8. The number of phenols is 2. The maximum Gasteiger partial charge on any atom is 0.298 e. The number of phenolic OH excluding ortho intramolecular Hbond substituents is 2. The summed E-state index contributed by atoms with van der Waals surface area (Å²) in [7, 11) is -7.49. The van der Waals surface area contributed by atoms with E-state index in [4.69, 9.17) is 0 Å². The number of benzene rings is 2. The minimum absolute atomic E-state index is 0. The zero-order chi connectivity index (χ0) is 22.8. The Morgan fingerprint density at radius 3 is 1.16 bits per heavy atom. The van der Waals surface area contributed by atoms with E-state index in [2.05, 4.69) is 10.6 Å². The quantitative estimate of drug-likeness (QED) is 0.154. The van der Waals surface area contributed by atoms with Gasteiger partial charge in [0.25, 0.3) is 20.2 Å². The van der Waals surface area contributed by atoms with Crippen molar-refractivity contribution in [3.63, 3.8) is 0 Å². The maximum absolute atomic E-state index is 13.1. The van der Waals surface area contributed by atoms with Crippen LogP contribution < -0.4 is 10.6 Å². The molecule has 0 aliphatic heterocycles. The summed E-state index contributed by atoms with van der Waals surface area (Å²) >= 11 is 0. The van der Waals surface area contributed by atoms with E-state index < -0.39 is 75.3 Å². The molecule has 162 valence electrons. The number of anilines is 2. The van der Waals surface area contributed by atoms with Crippen molar-refractivity contribution < 1.29 is 45.7 Å². The third-order valence-corrected chi connectivity index (χ3v) is 6.27. The molecule has 16 heteroatoms. The molecule has 0 fully saturated rings. The van der Waals surface area contributed by atoms with Crippen LogP contribution in [0.15, 0.2) is 21.9 Å². The standard InChI is InChI=1S/C16H14N2O10S2.2Na/c1-17-5-3-7(29(23,24)25)13(19)11-9(5)15(21)12-10(16(11)22)6(18-2)4-8(14(12)20)30(26,27)28;;/h3-4,17-20H,1-2H3,(H,23,24,25)(H,26,27,28);;. The van der Waals surface area contributed by atoms with E-state index >= 15 is 0 Å². The van der Waals surface area contributed by atoms with Crippen molar-refractivity contribution in [1.29, 1.82) is 0 Å². The molecule has 0 unspecified atom stereocenters. The largest absolute Gasteiger partial charge is 0.506 e. The number of carbonyl (C=O) groups excluding carboxylic acids is 2. The van der Waals surface area contributed by atoms with Gasteiger partial charge < -0.3 is 20.8 Å². The molecule has 0 spiro atoms. The summed E-state index contributed by atoms with van der Waals surface area (Å²) in [6, 6.07) is 1.39. The Hall–Kier alpha value is -1.20. The van der Waals surface area contributed by atoms with Gasteiger partial charge in [0.15, 0.2) is 0 Å². The summed E-state index contributed by atoms with van der Waals surface area (Å²) in [6.45, 7) is 0. The van der Waals surface area contributed by atoms with Gasteiger partial charge in [-0.1, -0.05) is 0 Å². The minimum atomic E-state index is -5.00. The number of rotatable bonds is 4. The van der Waals surface area contributed by atoms with Crippen LogP contribution in [0.25, 0.3) is 0 Å². The average molecular weight is 504 g/mol. The summed E-state index contributed by atoms with van der Waals surface area (Å²) in [5, 5.41) is 25.6. The predicted molar refractivity (Wildman–Crippen MR) is 113 cm³/mol. The molecule has 0 amide bonds. The van der Waals surface area contributed by atoms with Gasteiger partial charge in [-0.3, -0.25) is 18.7 Å². The van der Waals surface area contributed by atoms with Crippen molar-refractivity contribution in [2.45, 2.75) is 9.79 Å². The number of ketones is 2. The molecule has 2 aromatic rings. The molecule has 2 aromatic carbocycles. The maximum atomic E-state index is 13.1. The van der Waals surface area contributed by atoms with Crippen LogP contribution in [0, 0.1) is 0 Å². The summed E-state index contributed by atoms with van der Waals surface area (Å²) in [5.41, 5.74) is -3.29. The van der Waals surface area contributed by atoms with Crippen LogP contribution in [0.4, 0.5) is 11.4 Å². The predicted octanol–water partition coefficient (Wildman–Crippen LogP) is -0.312. The van der Waals surface area contributed by atoms with E-state index in [1.165, 1.54) is 14.1 Å². The van der Waals surface area contributed by atoms with Crippen molar-refractivity contribution in [2.75, 3.05) is 24.7 Å². The Labute approximate surface area is 226 Å². The molecular formula is C16H14N2Na2O10S2. The second-order valence-corrected chi connectivity index (χ2v) is 8.93. The average Bonchev–Trinajstić information content (AvgIpc) is 2.63. The monoisotopic (exact) mass is 504 g/mol. The van der Waals surface area contributed by atoms with Gasteiger partial charge in [0.05, 0.1) is 22.3 Å². The summed E-state index contributed by atoms with van der Waals surface area (Å²) in [6.07, 6.45) is 0. The van der Waals surface area contributed by atoms with Crippen LogP contribution in [-0.2, 0) is 20.2 Å². The molecule has 2 radical (unpaired) electrons. The molecule has 0 aromatic heterocycles. The van der Waals surface area contributed by atoms with Crippen LogP contribution in [-0.4, -0.2) is 121 Å². The molecule has 0 saturated heterocycles. The fraction of sp³-hybridized carbons (Fsp3) is 0.125. The SMILES string of the molecule is CNc1cc(S(=O)(=O)O)c(O)c2c1C(=O)c1c(O)c(S(=O)(=O)O)cc(NC)c1C2=O.[Na].[Na]. The van der Waals surface area contributed by atoms with Gasteiger partial charge in [-0.15, -0.1) is 0 Å². The van der Waals surface area contributed by atoms with Gasteiger partial charge in [-0.05, 0) is 12.1 Å². The van der Waals surface area contributed by atoms with Crippen LogP contribution in [0.3, 0.4) is 0 Å². The molecule has 1 aliphatic rings. The topological polar surface area (TPSA) is 207 Å². The zero-order valence-corrected chi connectivity index (χ0v) is 22.8. The van der Waals surface area contributed by atoms with Crippen LogP contribution in [0.2, 0.25) is 0 Å². The van der Waals surface area contributed by atoms with Crippen molar-refractivity contribution >= 4 is 102 Å². The molecule has 0 bridgehead atoms. The number of aromatic hydroxyl groups is 2. The number of fused-ring (bicyclic) bond motifs is 2. The van der Waals surface area contributed by atoms with Crippen LogP contribution in [0.1, 0.15) is 31.8 Å². The van der Waals surface area contributed by atoms with E-state index in [0.29, 0.717) is 12.1 Å². The minimum Gasteiger partial charge on any atom is -0.506 e. The first-order valence-corrected chi connectivity index (χ1v) is 10.8. The molecule has 0 saturated carbocycles. The molecule has 32 heavy (non-hydrogen) atoms. The first-order chi connectivity index (χ1) is 13.8. The van der Waals surface area contributed by atoms with Crippen LogP contribution >= 0.6 is 0 Å². The number of nitrogens with one attached hydrogen (secondary N) is 2. The van der Waals surface area contributed by atoms with Gasteiger partial charge in [-0.2, -0.15) is 16.8 Å².